The number of hydrogen-bond donors (Lipinski definition) is 1. The molecule has 1 aliphatic rings. The predicted octanol–water partition coefficient (Wildman–Crippen LogP) is 4.79. The van der Waals surface area contributed by atoms with Crippen LogP contribution in [0.15, 0.2) is 18.2 Å². The van der Waals surface area contributed by atoms with Crippen molar-refractivity contribution in [3.63, 3.8) is 0 Å². The molecule has 1 aromatic rings. The van der Waals surface area contributed by atoms with Crippen molar-refractivity contribution in [1.29, 1.82) is 0 Å². The van der Waals surface area contributed by atoms with Gasteiger partial charge in [-0.2, -0.15) is 0 Å². The van der Waals surface area contributed by atoms with E-state index in [2.05, 4.69) is 32.8 Å². The molecule has 0 radical (unpaired) electrons. The van der Waals surface area contributed by atoms with Crippen LogP contribution < -0.4 is 9.61 Å². The van der Waals surface area contributed by atoms with Crippen molar-refractivity contribution < 1.29 is 23.4 Å². The van der Waals surface area contributed by atoms with Gasteiger partial charge in [0.05, 0.1) is 0 Å². The molecule has 2 atom stereocenters. The molecule has 1 unspecified atom stereocenters. The molecule has 0 aliphatic heterocycles. The van der Waals surface area contributed by atoms with E-state index in [9.17, 15) is 9.36 Å². The number of methoxy groups -OCH3 is 1. The Morgan fingerprint density at radius 2 is 1.70 bits per heavy atom. The molecule has 27 heavy (non-hydrogen) atoms. The Labute approximate surface area is 162 Å². The van der Waals surface area contributed by atoms with Crippen LogP contribution in [0.2, 0.25) is 0 Å². The van der Waals surface area contributed by atoms with E-state index < -0.39 is 19.5 Å². The minimum Gasteiger partial charge on any atom is -0.461 e. The van der Waals surface area contributed by atoms with Crippen molar-refractivity contribution in [2.75, 3.05) is 13.5 Å². The van der Waals surface area contributed by atoms with Gasteiger partial charge < -0.3 is 14.0 Å². The monoisotopic (exact) mass is 397 g/mol. The first kappa shape index (κ1) is 21.9. The van der Waals surface area contributed by atoms with Crippen molar-refractivity contribution in [1.82, 2.24) is 5.09 Å². The zero-order chi connectivity index (χ0) is 20.2. The van der Waals surface area contributed by atoms with Crippen LogP contribution in [0.1, 0.15) is 70.4 Å². The molecule has 0 bridgehead atoms. The zero-order valence-electron chi connectivity index (χ0n) is 17.2. The lowest BCUT2D eigenvalue weighted by atomic mass is 9.94. The Morgan fingerprint density at radius 1 is 1.15 bits per heavy atom. The van der Waals surface area contributed by atoms with Gasteiger partial charge in [0, 0.05) is 7.11 Å². The average Bonchev–Trinajstić information content (AvgIpc) is 3.38. The minimum atomic E-state index is -3.48. The topological polar surface area (TPSA) is 73.9 Å². The molecule has 0 spiro atoms. The van der Waals surface area contributed by atoms with Crippen LogP contribution in [-0.4, -0.2) is 31.6 Å². The highest BCUT2D eigenvalue weighted by Crippen LogP contribution is 2.48. The lowest BCUT2D eigenvalue weighted by molar-refractivity contribution is -0.146. The summed E-state index contributed by atoms with van der Waals surface area (Å²) in [5.41, 5.74) is 1.96. The van der Waals surface area contributed by atoms with Crippen molar-refractivity contribution in [3.8, 4) is 5.75 Å². The number of para-hydroxylation sites is 1. The molecule has 7 heteroatoms. The Kier molecular flexibility index (Phi) is 7.49. The van der Waals surface area contributed by atoms with Gasteiger partial charge in [0.1, 0.15) is 24.2 Å². The molecule has 1 N–H and O–H groups in total. The third kappa shape index (κ3) is 6.06. The number of ether oxygens (including phenoxy) is 2. The van der Waals surface area contributed by atoms with Gasteiger partial charge in [-0.3, -0.25) is 9.36 Å². The van der Waals surface area contributed by atoms with Crippen molar-refractivity contribution >= 4 is 13.5 Å². The summed E-state index contributed by atoms with van der Waals surface area (Å²) in [6.07, 6.45) is 1.64. The SMILES string of the molecule is COCP(=O)(N[C@@H](C)C(=O)OC1CC1)Oc1c(C(C)C)cccc1C(C)C. The summed E-state index contributed by atoms with van der Waals surface area (Å²) in [4.78, 5) is 12.2. The maximum absolute atomic E-state index is 13.5. The number of hydrogen-bond acceptors (Lipinski definition) is 5. The zero-order valence-corrected chi connectivity index (χ0v) is 18.0. The smallest absolute Gasteiger partial charge is 0.342 e. The van der Waals surface area contributed by atoms with E-state index in [1.54, 1.807) is 6.92 Å². The summed E-state index contributed by atoms with van der Waals surface area (Å²) in [7, 11) is -2.02. The number of carbonyl (C=O) groups is 1. The van der Waals surface area contributed by atoms with Gasteiger partial charge in [-0.05, 0) is 42.7 Å². The summed E-state index contributed by atoms with van der Waals surface area (Å²) < 4.78 is 30.0. The van der Waals surface area contributed by atoms with Gasteiger partial charge in [0.15, 0.2) is 0 Å². The fourth-order valence-electron chi connectivity index (χ4n) is 2.80. The molecule has 1 fully saturated rings. The van der Waals surface area contributed by atoms with Gasteiger partial charge in [0.25, 0.3) is 0 Å². The molecule has 1 aromatic carbocycles. The van der Waals surface area contributed by atoms with Gasteiger partial charge in [-0.25, -0.2) is 5.09 Å². The van der Waals surface area contributed by atoms with Crippen LogP contribution in [0, 0.1) is 0 Å². The van der Waals surface area contributed by atoms with E-state index in [0.29, 0.717) is 5.75 Å². The molecule has 0 aromatic heterocycles. The third-order valence-electron chi connectivity index (χ3n) is 4.41. The van der Waals surface area contributed by atoms with Crippen molar-refractivity contribution in [2.24, 2.45) is 0 Å². The van der Waals surface area contributed by atoms with Crippen LogP contribution in [-0.2, 0) is 18.8 Å². The Hall–Kier alpha value is -1.36. The van der Waals surface area contributed by atoms with Crippen LogP contribution in [0.5, 0.6) is 5.75 Å². The highest BCUT2D eigenvalue weighted by molar-refractivity contribution is 7.57. The second-order valence-corrected chi connectivity index (χ2v) is 9.79. The minimum absolute atomic E-state index is 0.00121. The largest absolute Gasteiger partial charge is 0.461 e. The molecule has 2 rings (SSSR count). The molecule has 152 valence electrons. The molecule has 1 aliphatic carbocycles. The predicted molar refractivity (Wildman–Crippen MR) is 106 cm³/mol. The number of rotatable bonds is 10. The van der Waals surface area contributed by atoms with E-state index in [1.165, 1.54) is 7.11 Å². The van der Waals surface area contributed by atoms with E-state index in [-0.39, 0.29) is 24.3 Å². The first-order chi connectivity index (χ1) is 12.7. The van der Waals surface area contributed by atoms with Crippen LogP contribution in [0.3, 0.4) is 0 Å². The van der Waals surface area contributed by atoms with E-state index >= 15 is 0 Å². The number of carbonyl (C=O) groups excluding carboxylic acids is 1. The molecule has 0 amide bonds. The number of benzene rings is 1. The Balaban J connectivity index is 2.28. The number of esters is 1. The van der Waals surface area contributed by atoms with Crippen LogP contribution in [0.4, 0.5) is 0 Å². The quantitative estimate of drug-likeness (QED) is 0.452. The average molecular weight is 397 g/mol. The van der Waals surface area contributed by atoms with Gasteiger partial charge in [0.2, 0.25) is 0 Å². The lowest BCUT2D eigenvalue weighted by Crippen LogP contribution is -2.36. The maximum atomic E-state index is 13.5. The summed E-state index contributed by atoms with van der Waals surface area (Å²) in [6.45, 7) is 9.90. The molecular formula is C20H32NO5P. The summed E-state index contributed by atoms with van der Waals surface area (Å²) in [5, 5.41) is 2.84. The van der Waals surface area contributed by atoms with E-state index in [4.69, 9.17) is 14.0 Å². The molecular weight excluding hydrogens is 365 g/mol. The maximum Gasteiger partial charge on any atom is 0.342 e. The van der Waals surface area contributed by atoms with Crippen LogP contribution >= 0.6 is 7.52 Å². The first-order valence-electron chi connectivity index (χ1n) is 9.55. The Bertz CT molecular complexity index is 673. The fraction of sp³-hybridized carbons (Fsp3) is 0.650. The second kappa shape index (κ2) is 9.22. The first-order valence-corrected chi connectivity index (χ1v) is 11.4. The summed E-state index contributed by atoms with van der Waals surface area (Å²) >= 11 is 0. The highest BCUT2D eigenvalue weighted by atomic mass is 31.2. The summed E-state index contributed by atoms with van der Waals surface area (Å²) in [6, 6.07) is 5.20. The van der Waals surface area contributed by atoms with Gasteiger partial charge in [-0.15, -0.1) is 0 Å². The number of nitrogens with one attached hydrogen (secondary N) is 1. The van der Waals surface area contributed by atoms with Gasteiger partial charge in [-0.1, -0.05) is 45.9 Å². The second-order valence-electron chi connectivity index (χ2n) is 7.74. The highest BCUT2D eigenvalue weighted by Gasteiger charge is 2.34. The molecule has 0 heterocycles. The summed E-state index contributed by atoms with van der Waals surface area (Å²) in [5.74, 6) is 0.593. The normalized spacial score (nSPS) is 17.6. The standard InChI is InChI=1S/C20H32NO5P/c1-13(2)17-8-7-9-18(14(3)4)19(17)26-27(23,12-24-6)21-15(5)20(22)25-16-10-11-16/h7-9,13-16H,10-12H2,1-6H3,(H,21,23)/t15-,27?/m0/s1. The van der Waals surface area contributed by atoms with Crippen molar-refractivity contribution in [2.45, 2.75) is 71.4 Å². The Morgan fingerprint density at radius 3 is 2.15 bits per heavy atom. The third-order valence-corrected chi connectivity index (χ3v) is 6.27. The van der Waals surface area contributed by atoms with E-state index in [0.717, 1.165) is 24.0 Å². The van der Waals surface area contributed by atoms with Crippen LogP contribution in [0.25, 0.3) is 0 Å². The molecule has 0 saturated heterocycles. The lowest BCUT2D eigenvalue weighted by Gasteiger charge is -2.27. The van der Waals surface area contributed by atoms with Gasteiger partial charge >= 0.3 is 13.5 Å². The van der Waals surface area contributed by atoms with E-state index in [1.807, 2.05) is 18.2 Å². The fourth-order valence-corrected chi connectivity index (χ4v) is 4.52. The van der Waals surface area contributed by atoms with Crippen molar-refractivity contribution in [3.05, 3.63) is 29.3 Å². The molecule has 6 nitrogen and oxygen atoms in total. The molecule has 1 saturated carbocycles.